The highest BCUT2D eigenvalue weighted by Gasteiger charge is 2.36. The van der Waals surface area contributed by atoms with Crippen molar-refractivity contribution in [1.82, 2.24) is 19.6 Å². The fourth-order valence-corrected chi connectivity index (χ4v) is 7.93. The van der Waals surface area contributed by atoms with Crippen LogP contribution >= 0.6 is 34.8 Å². The largest absolute Gasteiger partial charge is 0.399 e. The van der Waals surface area contributed by atoms with Gasteiger partial charge in [0.25, 0.3) is 5.91 Å². The summed E-state index contributed by atoms with van der Waals surface area (Å²) in [6.07, 6.45) is 8.01. The topological polar surface area (TPSA) is 85.8 Å². The summed E-state index contributed by atoms with van der Waals surface area (Å²) in [4.78, 5) is 51.3. The molecule has 0 spiro atoms. The van der Waals surface area contributed by atoms with Crippen LogP contribution in [-0.2, 0) is 14.4 Å². The number of piperidine rings is 2. The van der Waals surface area contributed by atoms with Crippen LogP contribution in [0.4, 0.5) is 0 Å². The van der Waals surface area contributed by atoms with Gasteiger partial charge >= 0.3 is 0 Å². The molecule has 280 valence electrons. The predicted octanol–water partition coefficient (Wildman–Crippen LogP) is 7.95. The van der Waals surface area contributed by atoms with Gasteiger partial charge in [0.05, 0.1) is 22.3 Å². The molecule has 0 saturated carbocycles. The molecule has 0 radical (unpaired) electrons. The minimum Gasteiger partial charge on any atom is -0.399 e. The van der Waals surface area contributed by atoms with Gasteiger partial charge < -0.3 is 24.4 Å². The van der Waals surface area contributed by atoms with E-state index in [-0.39, 0.29) is 29.6 Å². The van der Waals surface area contributed by atoms with Crippen LogP contribution in [0.5, 0.6) is 0 Å². The van der Waals surface area contributed by atoms with Crippen LogP contribution in [0, 0.1) is 12.8 Å². The molecule has 3 amide bonds. The number of aryl methyl sites for hydroxylation is 1. The first-order chi connectivity index (χ1) is 24.4. The molecule has 3 fully saturated rings. The van der Waals surface area contributed by atoms with Crippen LogP contribution in [0.25, 0.3) is 0 Å². The Balaban J connectivity index is 0.000000230. The summed E-state index contributed by atoms with van der Waals surface area (Å²) in [6, 6.07) is 11.1. The van der Waals surface area contributed by atoms with Gasteiger partial charge in [-0.05, 0) is 99.9 Å². The number of likely N-dealkylation sites (tertiary alicyclic amines) is 3. The van der Waals surface area contributed by atoms with Gasteiger partial charge in [0, 0.05) is 74.7 Å². The van der Waals surface area contributed by atoms with Gasteiger partial charge in [-0.1, -0.05) is 59.9 Å². The zero-order chi connectivity index (χ0) is 37.1. The maximum atomic E-state index is 12.9. The summed E-state index contributed by atoms with van der Waals surface area (Å²) in [7, 11) is 3.19. The first-order valence-electron chi connectivity index (χ1n) is 18.3. The number of carbonyl (C=O) groups is 3. The standard InChI is InChI=1S/C20H21Cl3N2O2.C19H33N3O2/c1-12-7-15(9-16(21)8-12)20(26)25(3)11-19(24-27-4)13(2)14-5-6-17(22)18(23)10-14;1-2-9-20-13-7-17(8-14-20)22-12-5-6-16(19(22)24)15-18(23)21-10-3-4-11-21/h5-10,13H,11H2,1-4H3;16-17H,2-15H2,1H3/b24-19-;. The zero-order valence-corrected chi connectivity index (χ0v) is 33.1. The Kier molecular flexibility index (Phi) is 15.9. The van der Waals surface area contributed by atoms with Crippen molar-refractivity contribution in [3.05, 3.63) is 68.2 Å². The Morgan fingerprint density at radius 3 is 2.29 bits per heavy atom. The van der Waals surface area contributed by atoms with E-state index in [1.165, 1.54) is 20.1 Å². The average Bonchev–Trinajstić information content (AvgIpc) is 3.66. The van der Waals surface area contributed by atoms with Crippen molar-refractivity contribution in [3.63, 3.8) is 0 Å². The zero-order valence-electron chi connectivity index (χ0n) is 30.8. The lowest BCUT2D eigenvalue weighted by Crippen LogP contribution is -2.52. The van der Waals surface area contributed by atoms with Gasteiger partial charge in [0.2, 0.25) is 11.8 Å². The Hall–Kier alpha value is -2.85. The van der Waals surface area contributed by atoms with Crippen LogP contribution in [0.2, 0.25) is 15.1 Å². The summed E-state index contributed by atoms with van der Waals surface area (Å²) in [5.74, 6) is 0.121. The Bertz CT molecular complexity index is 1500. The molecule has 3 saturated heterocycles. The fraction of sp³-hybridized carbons (Fsp3) is 0.590. The van der Waals surface area contributed by atoms with Crippen LogP contribution in [0.3, 0.4) is 0 Å². The fourth-order valence-electron chi connectivity index (χ4n) is 7.34. The van der Waals surface area contributed by atoms with Crippen molar-refractivity contribution in [1.29, 1.82) is 0 Å². The lowest BCUT2D eigenvalue weighted by molar-refractivity contribution is -0.146. The van der Waals surface area contributed by atoms with Crippen LogP contribution in [0.1, 0.15) is 92.6 Å². The van der Waals surface area contributed by atoms with Crippen molar-refractivity contribution >= 4 is 58.2 Å². The molecule has 2 unspecified atom stereocenters. The molecule has 3 heterocycles. The summed E-state index contributed by atoms with van der Waals surface area (Å²) >= 11 is 18.2. The molecule has 5 rings (SSSR count). The highest BCUT2D eigenvalue weighted by Crippen LogP contribution is 2.29. The number of benzene rings is 2. The molecule has 0 aromatic heterocycles. The van der Waals surface area contributed by atoms with Crippen LogP contribution in [-0.4, -0.2) is 109 Å². The molecular weight excluding hydrogens is 709 g/mol. The highest BCUT2D eigenvalue weighted by atomic mass is 35.5. The SMILES string of the molecule is CCCN1CCC(N2CCCC(CC(=O)N3CCCC3)C2=O)CC1.CO/N=C(/CN(C)C(=O)c1cc(C)cc(Cl)c1)C(C)c1ccc(Cl)c(Cl)c1. The third-order valence-corrected chi connectivity index (χ3v) is 11.1. The third kappa shape index (κ3) is 11.6. The first-order valence-corrected chi connectivity index (χ1v) is 19.4. The third-order valence-electron chi connectivity index (χ3n) is 10.2. The van der Waals surface area contributed by atoms with E-state index in [2.05, 4.69) is 21.9 Å². The van der Waals surface area contributed by atoms with Crippen molar-refractivity contribution in [2.24, 2.45) is 11.1 Å². The van der Waals surface area contributed by atoms with Gasteiger partial charge in [-0.25, -0.2) is 0 Å². The minimum absolute atomic E-state index is 0.0690. The average molecular weight is 763 g/mol. The van der Waals surface area contributed by atoms with Gasteiger partial charge in [-0.2, -0.15) is 0 Å². The van der Waals surface area contributed by atoms with E-state index in [1.807, 2.05) is 30.9 Å². The second-order valence-electron chi connectivity index (χ2n) is 14.1. The van der Waals surface area contributed by atoms with E-state index in [1.54, 1.807) is 36.2 Å². The second kappa shape index (κ2) is 19.8. The van der Waals surface area contributed by atoms with Crippen molar-refractivity contribution < 1.29 is 19.2 Å². The van der Waals surface area contributed by atoms with Crippen LogP contribution < -0.4 is 0 Å². The maximum absolute atomic E-state index is 12.9. The van der Waals surface area contributed by atoms with Crippen molar-refractivity contribution in [2.75, 3.05) is 60.0 Å². The van der Waals surface area contributed by atoms with E-state index < -0.39 is 0 Å². The normalized spacial score (nSPS) is 19.4. The molecule has 2 aromatic rings. The van der Waals surface area contributed by atoms with E-state index in [9.17, 15) is 14.4 Å². The lowest BCUT2D eigenvalue weighted by Gasteiger charge is -2.42. The van der Waals surface area contributed by atoms with Gasteiger partial charge in [0.1, 0.15) is 7.11 Å². The maximum Gasteiger partial charge on any atom is 0.253 e. The Morgan fingerprint density at radius 1 is 0.961 bits per heavy atom. The molecule has 9 nitrogen and oxygen atoms in total. The first kappa shape index (κ1) is 40.9. The van der Waals surface area contributed by atoms with Crippen molar-refractivity contribution in [3.8, 4) is 0 Å². The summed E-state index contributed by atoms with van der Waals surface area (Å²) in [5, 5.41) is 5.61. The monoisotopic (exact) mass is 761 g/mol. The molecule has 0 N–H and O–H groups in total. The number of hydrogen-bond donors (Lipinski definition) is 0. The summed E-state index contributed by atoms with van der Waals surface area (Å²) < 4.78 is 0. The number of rotatable bonds is 11. The summed E-state index contributed by atoms with van der Waals surface area (Å²) in [6.45, 7) is 12.4. The lowest BCUT2D eigenvalue weighted by atomic mass is 9.90. The predicted molar refractivity (Wildman–Crippen MR) is 207 cm³/mol. The number of oxime groups is 1. The minimum atomic E-state index is -0.147. The number of nitrogens with zero attached hydrogens (tertiary/aromatic N) is 5. The Morgan fingerprint density at radius 2 is 1.67 bits per heavy atom. The molecule has 2 atom stereocenters. The van der Waals surface area contributed by atoms with Gasteiger partial charge in [-0.15, -0.1) is 0 Å². The van der Waals surface area contributed by atoms with E-state index >= 15 is 0 Å². The van der Waals surface area contributed by atoms with Crippen molar-refractivity contribution in [2.45, 2.75) is 84.1 Å². The van der Waals surface area contributed by atoms with E-state index in [0.717, 1.165) is 82.4 Å². The molecule has 3 aliphatic rings. The van der Waals surface area contributed by atoms with Gasteiger partial charge in [0.15, 0.2) is 0 Å². The Labute approximate surface area is 319 Å². The second-order valence-corrected chi connectivity index (χ2v) is 15.3. The van der Waals surface area contributed by atoms with Crippen LogP contribution in [0.15, 0.2) is 41.6 Å². The molecule has 51 heavy (non-hydrogen) atoms. The molecule has 3 aliphatic heterocycles. The number of carbonyl (C=O) groups excluding carboxylic acids is 3. The molecular formula is C39H54Cl3N5O4. The highest BCUT2D eigenvalue weighted by molar-refractivity contribution is 6.42. The number of halogens is 3. The molecule has 12 heteroatoms. The quantitative estimate of drug-likeness (QED) is 0.172. The molecule has 0 bridgehead atoms. The van der Waals surface area contributed by atoms with Gasteiger partial charge in [-0.3, -0.25) is 14.4 Å². The van der Waals surface area contributed by atoms with E-state index in [0.29, 0.717) is 45.4 Å². The molecule has 0 aliphatic carbocycles. The number of hydrogen-bond acceptors (Lipinski definition) is 6. The smallest absolute Gasteiger partial charge is 0.253 e. The number of amides is 3. The summed E-state index contributed by atoms with van der Waals surface area (Å²) in [5.41, 5.74) is 3.07. The van der Waals surface area contributed by atoms with E-state index in [4.69, 9.17) is 39.6 Å². The molecule has 2 aromatic carbocycles.